The fraction of sp³-hybridized carbons (Fsp3) is 0.400. The van der Waals surface area contributed by atoms with E-state index in [9.17, 15) is 36.0 Å². The molecule has 2 fully saturated rings. The average molecular weight is 867 g/mol. The van der Waals surface area contributed by atoms with Gasteiger partial charge in [-0.1, -0.05) is 13.8 Å². The molecule has 0 radical (unpaired) electrons. The largest absolute Gasteiger partial charge is 0.376 e. The van der Waals surface area contributed by atoms with E-state index in [1.807, 2.05) is 13.8 Å². The first-order chi connectivity index (χ1) is 28.8. The molecular weight excluding hydrogens is 821 g/mol. The summed E-state index contributed by atoms with van der Waals surface area (Å²) in [5, 5.41) is 10.8. The molecular formula is C40H46N6O12S2. The third kappa shape index (κ3) is 9.03. The van der Waals surface area contributed by atoms with Crippen LogP contribution in [0.15, 0.2) is 70.7 Å². The van der Waals surface area contributed by atoms with Crippen LogP contribution in [0.3, 0.4) is 0 Å². The number of nitrogens with one attached hydrogen (secondary N) is 4. The van der Waals surface area contributed by atoms with E-state index in [1.54, 1.807) is 12.1 Å². The number of ether oxygens (including phenoxy) is 4. The number of fused-ring (bicyclic) bond motifs is 4. The second kappa shape index (κ2) is 18.1. The zero-order valence-corrected chi connectivity index (χ0v) is 34.7. The Labute approximate surface area is 347 Å². The number of amides is 4. The van der Waals surface area contributed by atoms with Gasteiger partial charge in [0.15, 0.2) is 0 Å². The molecule has 4 aliphatic heterocycles. The summed E-state index contributed by atoms with van der Waals surface area (Å²) in [6, 6.07) is 11.5. The molecule has 4 amide bonds. The van der Waals surface area contributed by atoms with E-state index in [4.69, 9.17) is 18.9 Å². The summed E-state index contributed by atoms with van der Waals surface area (Å²) in [5.41, 5.74) is 2.26. The van der Waals surface area contributed by atoms with Crippen LogP contribution in [0.2, 0.25) is 0 Å². The van der Waals surface area contributed by atoms with Crippen molar-refractivity contribution in [3.63, 3.8) is 0 Å². The van der Waals surface area contributed by atoms with Crippen molar-refractivity contribution in [1.82, 2.24) is 18.6 Å². The molecule has 320 valence electrons. The van der Waals surface area contributed by atoms with Crippen LogP contribution in [0.4, 0.5) is 11.4 Å². The van der Waals surface area contributed by atoms with Gasteiger partial charge in [-0.3, -0.25) is 19.2 Å². The molecule has 2 saturated heterocycles. The highest BCUT2D eigenvalue weighted by molar-refractivity contribution is 7.90. The topological polar surface area (TPSA) is 231 Å². The minimum Gasteiger partial charge on any atom is -0.376 e. The van der Waals surface area contributed by atoms with Gasteiger partial charge in [0.2, 0.25) is 0 Å². The molecule has 2 atom stereocenters. The smallest absolute Gasteiger partial charge is 0.273 e. The van der Waals surface area contributed by atoms with Crippen molar-refractivity contribution in [2.45, 2.75) is 61.5 Å². The molecule has 0 unspecified atom stereocenters. The van der Waals surface area contributed by atoms with Gasteiger partial charge in [0.05, 0.1) is 63.2 Å². The maximum Gasteiger partial charge on any atom is 0.273 e. The highest BCUT2D eigenvalue weighted by Gasteiger charge is 2.33. The van der Waals surface area contributed by atoms with Crippen molar-refractivity contribution in [3.8, 4) is 0 Å². The van der Waals surface area contributed by atoms with Gasteiger partial charge in [0.25, 0.3) is 43.7 Å². The van der Waals surface area contributed by atoms with Crippen LogP contribution in [0.1, 0.15) is 79.5 Å². The van der Waals surface area contributed by atoms with Crippen molar-refractivity contribution in [1.29, 1.82) is 0 Å². The number of hydrogen-bond donors (Lipinski definition) is 4. The lowest BCUT2D eigenvalue weighted by atomic mass is 10.1. The number of carbonyl (C=O) groups is 4. The Kier molecular flexibility index (Phi) is 12.9. The molecule has 4 aliphatic rings. The van der Waals surface area contributed by atoms with Crippen LogP contribution in [0, 0.1) is 0 Å². The highest BCUT2D eigenvalue weighted by Crippen LogP contribution is 2.32. The third-order valence-electron chi connectivity index (χ3n) is 10.3. The molecule has 2 aromatic heterocycles. The fourth-order valence-electron chi connectivity index (χ4n) is 6.99. The predicted octanol–water partition coefficient (Wildman–Crippen LogP) is 2.78. The minimum absolute atomic E-state index is 0.0451. The monoisotopic (exact) mass is 866 g/mol. The molecule has 6 heterocycles. The maximum atomic E-state index is 13.1. The second-order valence-electron chi connectivity index (χ2n) is 14.3. The molecule has 0 aliphatic carbocycles. The summed E-state index contributed by atoms with van der Waals surface area (Å²) in [6.45, 7) is 7.78. The van der Waals surface area contributed by atoms with E-state index >= 15 is 0 Å². The van der Waals surface area contributed by atoms with E-state index in [0.29, 0.717) is 78.4 Å². The molecule has 0 spiro atoms. The first-order valence-corrected chi connectivity index (χ1v) is 22.5. The lowest BCUT2D eigenvalue weighted by molar-refractivity contribution is -0.0900. The van der Waals surface area contributed by atoms with E-state index < -0.39 is 31.9 Å². The molecule has 60 heavy (non-hydrogen) atoms. The fourth-order valence-corrected chi connectivity index (χ4v) is 10.0. The predicted molar refractivity (Wildman–Crippen MR) is 217 cm³/mol. The summed E-state index contributed by atoms with van der Waals surface area (Å²) in [7, 11) is -7.93. The number of aromatic nitrogens is 2. The third-order valence-corrected chi connectivity index (χ3v) is 13.8. The van der Waals surface area contributed by atoms with Crippen LogP contribution in [0.5, 0.6) is 0 Å². The number of benzene rings is 2. The second-order valence-corrected chi connectivity index (χ2v) is 17.9. The first-order valence-electron chi connectivity index (χ1n) is 19.6. The van der Waals surface area contributed by atoms with Gasteiger partial charge in [0.1, 0.15) is 21.2 Å². The number of rotatable bonds is 10. The zero-order chi connectivity index (χ0) is 42.6. The molecule has 8 rings (SSSR count). The lowest BCUT2D eigenvalue weighted by Gasteiger charge is -2.22. The van der Waals surface area contributed by atoms with Crippen LogP contribution < -0.4 is 21.3 Å². The van der Waals surface area contributed by atoms with Crippen molar-refractivity contribution in [2.24, 2.45) is 0 Å². The van der Waals surface area contributed by atoms with Crippen molar-refractivity contribution in [2.75, 3.05) is 63.4 Å². The zero-order valence-electron chi connectivity index (χ0n) is 33.0. The van der Waals surface area contributed by atoms with Gasteiger partial charge in [-0.2, -0.15) is 0 Å². The standard InChI is InChI=1S/2C20H23N3O6S/c2*1-2-13-9-17-20(25)22-16-10-14(3-4-18(16)30(26,27)23(17)11-13)19(24)21-6-5-15-12-28-7-8-29-15/h2*3-4,9-11,15H,2,5-8,12H2,1H3,(H,21,24)(H,22,25)/t2*15-/m10/s1. The molecule has 0 saturated carbocycles. The Morgan fingerprint density at radius 2 is 1.07 bits per heavy atom. The van der Waals surface area contributed by atoms with Gasteiger partial charge in [-0.15, -0.1) is 0 Å². The number of nitrogens with zero attached hydrogens (tertiary/aromatic N) is 2. The van der Waals surface area contributed by atoms with E-state index in [0.717, 1.165) is 19.1 Å². The van der Waals surface area contributed by atoms with Crippen LogP contribution >= 0.6 is 0 Å². The molecule has 18 nitrogen and oxygen atoms in total. The Morgan fingerprint density at radius 1 is 0.650 bits per heavy atom. The summed E-state index contributed by atoms with van der Waals surface area (Å²) >= 11 is 0. The van der Waals surface area contributed by atoms with Gasteiger partial charge in [-0.25, -0.2) is 24.8 Å². The Morgan fingerprint density at radius 3 is 1.43 bits per heavy atom. The van der Waals surface area contributed by atoms with E-state index in [-0.39, 0.29) is 67.7 Å². The number of anilines is 2. The molecule has 4 N–H and O–H groups in total. The quantitative estimate of drug-likeness (QED) is 0.180. The lowest BCUT2D eigenvalue weighted by Crippen LogP contribution is -2.33. The van der Waals surface area contributed by atoms with Crippen LogP contribution in [-0.2, 0) is 51.8 Å². The number of hydrogen-bond acceptors (Lipinski definition) is 12. The van der Waals surface area contributed by atoms with Crippen molar-refractivity contribution < 1.29 is 55.0 Å². The van der Waals surface area contributed by atoms with Crippen molar-refractivity contribution in [3.05, 3.63) is 94.6 Å². The number of carbonyl (C=O) groups excluding carboxylic acids is 4. The highest BCUT2D eigenvalue weighted by atomic mass is 32.2. The normalized spacial score (nSPS) is 19.9. The summed E-state index contributed by atoms with van der Waals surface area (Å²) in [6.07, 6.45) is 5.22. The van der Waals surface area contributed by atoms with Crippen LogP contribution in [-0.4, -0.2) is 113 Å². The van der Waals surface area contributed by atoms with Gasteiger partial charge in [0, 0.05) is 36.6 Å². The number of aryl methyl sites for hydroxylation is 2. The van der Waals surface area contributed by atoms with Crippen LogP contribution in [0.25, 0.3) is 0 Å². The maximum absolute atomic E-state index is 13.1. The molecule has 2 aromatic carbocycles. The van der Waals surface area contributed by atoms with Gasteiger partial charge >= 0.3 is 0 Å². The summed E-state index contributed by atoms with van der Waals surface area (Å²) in [5.74, 6) is -1.80. The molecule has 4 aromatic rings. The van der Waals surface area contributed by atoms with Crippen molar-refractivity contribution >= 4 is 55.1 Å². The first kappa shape index (κ1) is 42.7. The van der Waals surface area contributed by atoms with E-state index in [2.05, 4.69) is 21.3 Å². The Bertz CT molecular complexity index is 2350. The summed E-state index contributed by atoms with van der Waals surface area (Å²) in [4.78, 5) is 50.1. The minimum atomic E-state index is -3.96. The summed E-state index contributed by atoms with van der Waals surface area (Å²) < 4.78 is 76.0. The van der Waals surface area contributed by atoms with Gasteiger partial charge in [-0.05, 0) is 85.3 Å². The SMILES string of the molecule is CCc1cc2n(c1)S(=O)(=O)c1ccc(C(=O)NCC[C@@H]3COCCO3)cc1NC2=O.CCc1cc2n(c1)S(=O)(=O)c1ccc(C(=O)NCC[C@H]3COCCO3)cc1NC2=O. The Balaban J connectivity index is 0.000000181. The van der Waals surface area contributed by atoms with Gasteiger partial charge < -0.3 is 40.2 Å². The molecule has 0 bridgehead atoms. The van der Waals surface area contributed by atoms with E-state index in [1.165, 1.54) is 48.8 Å². The molecule has 20 heteroatoms. The Hall–Kier alpha value is -5.38. The average Bonchev–Trinajstić information content (AvgIpc) is 3.88.